The van der Waals surface area contributed by atoms with Gasteiger partial charge in [0.15, 0.2) is 0 Å². The Hall–Kier alpha value is -3.12. The van der Waals surface area contributed by atoms with Crippen LogP contribution in [0.1, 0.15) is 39.1 Å². The van der Waals surface area contributed by atoms with Crippen molar-refractivity contribution in [3.8, 4) is 0 Å². The largest absolute Gasteiger partial charge is 0.465 e. The number of halogens is 5. The van der Waals surface area contributed by atoms with Crippen LogP contribution in [0.5, 0.6) is 0 Å². The molecule has 1 unspecified atom stereocenters. The standard InChI is InChI=1S/C24H17Cl2F3N2O5S/c1-12-15-10-18(22(32)20-16(25)9-8-14(21(20)26)23(33)36-2)31(17(15)11-19(30-12)24(27,28)29)37(34,35)13-6-4-3-5-7-13/h3-11,22,32H,1-2H3. The summed E-state index contributed by atoms with van der Waals surface area (Å²) in [6, 6.07) is 11.3. The van der Waals surface area contributed by atoms with Crippen molar-refractivity contribution in [2.24, 2.45) is 0 Å². The molecule has 2 aromatic heterocycles. The molecule has 4 aromatic rings. The summed E-state index contributed by atoms with van der Waals surface area (Å²) in [7, 11) is -3.45. The fourth-order valence-corrected chi connectivity index (χ4v) is 6.10. The number of nitrogens with zero attached hydrogens (tertiary/aromatic N) is 2. The molecule has 0 aliphatic rings. The number of carbonyl (C=O) groups is 1. The molecule has 0 aliphatic heterocycles. The van der Waals surface area contributed by atoms with E-state index in [0.717, 1.165) is 7.11 Å². The molecule has 2 aromatic carbocycles. The van der Waals surface area contributed by atoms with Crippen LogP contribution in [0, 0.1) is 6.92 Å². The summed E-state index contributed by atoms with van der Waals surface area (Å²) in [5.74, 6) is -0.845. The minimum atomic E-state index is -4.87. The Kier molecular flexibility index (Phi) is 7.02. The van der Waals surface area contributed by atoms with Crippen LogP contribution in [-0.2, 0) is 20.9 Å². The topological polar surface area (TPSA) is 98.5 Å². The number of methoxy groups -OCH3 is 1. The van der Waals surface area contributed by atoms with Crippen LogP contribution in [0.25, 0.3) is 10.9 Å². The average molecular weight is 573 g/mol. The van der Waals surface area contributed by atoms with Gasteiger partial charge in [0, 0.05) is 21.7 Å². The maximum Gasteiger partial charge on any atom is 0.433 e. The molecule has 1 N–H and O–H groups in total. The van der Waals surface area contributed by atoms with Crippen molar-refractivity contribution < 1.29 is 36.2 Å². The molecule has 4 rings (SSSR count). The van der Waals surface area contributed by atoms with Gasteiger partial charge in [-0.25, -0.2) is 22.2 Å². The number of benzene rings is 2. The van der Waals surface area contributed by atoms with Crippen molar-refractivity contribution in [1.82, 2.24) is 8.96 Å². The van der Waals surface area contributed by atoms with Gasteiger partial charge in [-0.1, -0.05) is 41.4 Å². The van der Waals surface area contributed by atoms with Gasteiger partial charge in [0.1, 0.15) is 11.8 Å². The molecule has 0 aliphatic carbocycles. The SMILES string of the molecule is COC(=O)c1ccc(Cl)c(C(O)c2cc3c(C)nc(C(F)(F)F)cc3n2S(=O)(=O)c2ccccc2)c1Cl. The number of alkyl halides is 3. The van der Waals surface area contributed by atoms with Crippen LogP contribution in [0.4, 0.5) is 13.2 Å². The molecule has 0 saturated carbocycles. The zero-order valence-corrected chi connectivity index (χ0v) is 21.4. The average Bonchev–Trinajstić information content (AvgIpc) is 3.25. The van der Waals surface area contributed by atoms with Crippen molar-refractivity contribution in [3.63, 3.8) is 0 Å². The first-order valence-electron chi connectivity index (χ1n) is 10.4. The Morgan fingerprint density at radius 1 is 1.11 bits per heavy atom. The molecule has 0 fully saturated rings. The summed E-state index contributed by atoms with van der Waals surface area (Å²) in [5, 5.41) is 11.0. The van der Waals surface area contributed by atoms with Gasteiger partial charge in [0.05, 0.1) is 33.8 Å². The molecular formula is C24H17Cl2F3N2O5S. The first-order valence-corrected chi connectivity index (χ1v) is 12.6. The molecular weight excluding hydrogens is 556 g/mol. The Bertz CT molecular complexity index is 1640. The van der Waals surface area contributed by atoms with Crippen molar-refractivity contribution in [1.29, 1.82) is 0 Å². The third-order valence-electron chi connectivity index (χ3n) is 5.63. The number of aliphatic hydroxyl groups excluding tert-OH is 1. The maximum absolute atomic E-state index is 13.7. The van der Waals surface area contributed by atoms with E-state index < -0.39 is 34.0 Å². The number of hydrogen-bond acceptors (Lipinski definition) is 6. The van der Waals surface area contributed by atoms with Gasteiger partial charge < -0.3 is 9.84 Å². The molecule has 0 amide bonds. The number of aromatic nitrogens is 2. The van der Waals surface area contributed by atoms with Crippen LogP contribution >= 0.6 is 23.2 Å². The van der Waals surface area contributed by atoms with Gasteiger partial charge in [0.2, 0.25) is 0 Å². The Morgan fingerprint density at radius 3 is 2.35 bits per heavy atom. The number of hydrogen-bond donors (Lipinski definition) is 1. The lowest BCUT2D eigenvalue weighted by Crippen LogP contribution is -2.19. The lowest BCUT2D eigenvalue weighted by molar-refractivity contribution is -0.141. The highest BCUT2D eigenvalue weighted by atomic mass is 35.5. The molecule has 0 radical (unpaired) electrons. The highest BCUT2D eigenvalue weighted by Crippen LogP contribution is 2.41. The highest BCUT2D eigenvalue weighted by molar-refractivity contribution is 7.90. The van der Waals surface area contributed by atoms with Crippen molar-refractivity contribution in [2.45, 2.75) is 24.1 Å². The maximum atomic E-state index is 13.7. The van der Waals surface area contributed by atoms with Crippen molar-refractivity contribution in [3.05, 3.63) is 92.9 Å². The number of carbonyl (C=O) groups excluding carboxylic acids is 1. The lowest BCUT2D eigenvalue weighted by Gasteiger charge is -2.19. The molecule has 194 valence electrons. The van der Waals surface area contributed by atoms with Gasteiger partial charge in [0.25, 0.3) is 10.0 Å². The third-order valence-corrected chi connectivity index (χ3v) is 8.12. The second kappa shape index (κ2) is 9.64. The summed E-state index contributed by atoms with van der Waals surface area (Å²) < 4.78 is 73.5. The molecule has 37 heavy (non-hydrogen) atoms. The van der Waals surface area contributed by atoms with Gasteiger partial charge in [-0.05, 0) is 43.3 Å². The number of fused-ring (bicyclic) bond motifs is 1. The molecule has 0 saturated heterocycles. The molecule has 0 spiro atoms. The van der Waals surface area contributed by atoms with E-state index in [4.69, 9.17) is 23.2 Å². The monoisotopic (exact) mass is 572 g/mol. The molecule has 1 atom stereocenters. The van der Waals surface area contributed by atoms with Crippen LogP contribution in [0.2, 0.25) is 10.0 Å². The minimum Gasteiger partial charge on any atom is -0.465 e. The van der Waals surface area contributed by atoms with Crippen LogP contribution in [0.15, 0.2) is 59.5 Å². The van der Waals surface area contributed by atoms with Gasteiger partial charge in [-0.15, -0.1) is 0 Å². The number of aryl methyl sites for hydroxylation is 1. The van der Waals surface area contributed by atoms with E-state index in [1.807, 2.05) is 0 Å². The van der Waals surface area contributed by atoms with Gasteiger partial charge in [-0.2, -0.15) is 13.2 Å². The predicted molar refractivity (Wildman–Crippen MR) is 130 cm³/mol. The summed E-state index contributed by atoms with van der Waals surface area (Å²) >= 11 is 12.6. The second-order valence-corrected chi connectivity index (χ2v) is 10.5. The van der Waals surface area contributed by atoms with Crippen LogP contribution in [0.3, 0.4) is 0 Å². The number of esters is 1. The zero-order valence-electron chi connectivity index (χ0n) is 19.0. The smallest absolute Gasteiger partial charge is 0.433 e. The molecule has 0 bridgehead atoms. The fraction of sp³-hybridized carbons (Fsp3) is 0.167. The lowest BCUT2D eigenvalue weighted by atomic mass is 10.0. The van der Waals surface area contributed by atoms with E-state index in [-0.39, 0.29) is 48.4 Å². The summed E-state index contributed by atoms with van der Waals surface area (Å²) in [6.07, 6.45) is -6.76. The van der Waals surface area contributed by atoms with Gasteiger partial charge in [-0.3, -0.25) is 0 Å². The van der Waals surface area contributed by atoms with Crippen LogP contribution < -0.4 is 0 Å². The number of aliphatic hydroxyl groups is 1. The van der Waals surface area contributed by atoms with E-state index in [1.165, 1.54) is 49.4 Å². The fourth-order valence-electron chi connectivity index (χ4n) is 3.89. The van der Waals surface area contributed by atoms with E-state index in [1.54, 1.807) is 6.07 Å². The number of pyridine rings is 1. The predicted octanol–water partition coefficient (Wildman–Crippen LogP) is 5.78. The Morgan fingerprint density at radius 2 is 1.76 bits per heavy atom. The Balaban J connectivity index is 2.10. The highest BCUT2D eigenvalue weighted by Gasteiger charge is 2.36. The van der Waals surface area contributed by atoms with Gasteiger partial charge >= 0.3 is 12.1 Å². The quantitative estimate of drug-likeness (QED) is 0.304. The summed E-state index contributed by atoms with van der Waals surface area (Å²) in [6.45, 7) is 1.28. The second-order valence-electron chi connectivity index (χ2n) is 7.89. The normalized spacial score (nSPS) is 13.1. The van der Waals surface area contributed by atoms with E-state index in [0.29, 0.717) is 10.0 Å². The Labute approximate surface area is 219 Å². The summed E-state index contributed by atoms with van der Waals surface area (Å²) in [4.78, 5) is 15.5. The van der Waals surface area contributed by atoms with E-state index in [9.17, 15) is 31.5 Å². The molecule has 13 heteroatoms. The summed E-state index contributed by atoms with van der Waals surface area (Å²) in [5.41, 5.74) is -2.57. The van der Waals surface area contributed by atoms with Crippen molar-refractivity contribution in [2.75, 3.05) is 7.11 Å². The van der Waals surface area contributed by atoms with E-state index >= 15 is 0 Å². The minimum absolute atomic E-state index is 0.0397. The number of ether oxygens (including phenoxy) is 1. The molecule has 7 nitrogen and oxygen atoms in total. The first kappa shape index (κ1) is 26.9. The van der Waals surface area contributed by atoms with Crippen molar-refractivity contribution >= 4 is 50.1 Å². The first-order chi connectivity index (χ1) is 17.3. The van der Waals surface area contributed by atoms with E-state index in [2.05, 4.69) is 9.72 Å². The number of rotatable bonds is 5. The third kappa shape index (κ3) is 4.68. The van der Waals surface area contributed by atoms with Crippen LogP contribution in [-0.4, -0.2) is 35.6 Å². The zero-order chi connectivity index (χ0) is 27.3. The molecule has 2 heterocycles.